The Hall–Kier alpha value is -0.130. The summed E-state index contributed by atoms with van der Waals surface area (Å²) in [5, 5.41) is 11.1. The molecule has 4 nitrogen and oxygen atoms in total. The number of sulfone groups is 1. The molecule has 1 saturated heterocycles. The second-order valence-corrected chi connectivity index (χ2v) is 5.13. The van der Waals surface area contributed by atoms with E-state index in [0.717, 1.165) is 6.54 Å². The zero-order valence-corrected chi connectivity index (χ0v) is 7.10. The minimum Gasteiger partial charge on any atom is -0.395 e. The predicted octanol–water partition coefficient (Wildman–Crippen LogP) is -1.24. The topological polar surface area (TPSA) is 66.4 Å². The van der Waals surface area contributed by atoms with Crippen molar-refractivity contribution in [3.05, 3.63) is 0 Å². The van der Waals surface area contributed by atoms with Gasteiger partial charge in [0.15, 0.2) is 9.84 Å². The van der Waals surface area contributed by atoms with Crippen LogP contribution in [0.15, 0.2) is 0 Å². The summed E-state index contributed by atoms with van der Waals surface area (Å²) in [4.78, 5) is 0. The Morgan fingerprint density at radius 3 is 2.91 bits per heavy atom. The molecule has 0 saturated carbocycles. The monoisotopic (exact) mass is 179 g/mol. The lowest BCUT2D eigenvalue weighted by molar-refractivity contribution is 0.288. The predicted molar refractivity (Wildman–Crippen MR) is 42.1 cm³/mol. The number of hydrogen-bond acceptors (Lipinski definition) is 4. The fourth-order valence-electron chi connectivity index (χ4n) is 1.13. The van der Waals surface area contributed by atoms with Gasteiger partial charge in [-0.15, -0.1) is 0 Å². The fraction of sp³-hybridized carbons (Fsp3) is 1.00. The van der Waals surface area contributed by atoms with Gasteiger partial charge < -0.3 is 10.4 Å². The summed E-state index contributed by atoms with van der Waals surface area (Å²) in [5.41, 5.74) is 0. The normalized spacial score (nSPS) is 31.2. The average Bonchev–Trinajstić information content (AvgIpc) is 2.10. The lowest BCUT2D eigenvalue weighted by atomic mass is 10.4. The molecule has 11 heavy (non-hydrogen) atoms. The number of rotatable bonds is 1. The van der Waals surface area contributed by atoms with Crippen molar-refractivity contribution >= 4 is 9.84 Å². The zero-order valence-electron chi connectivity index (χ0n) is 6.28. The highest BCUT2D eigenvalue weighted by Crippen LogP contribution is 2.05. The second-order valence-electron chi connectivity index (χ2n) is 2.73. The molecule has 1 aliphatic rings. The van der Waals surface area contributed by atoms with Crippen molar-refractivity contribution < 1.29 is 13.5 Å². The van der Waals surface area contributed by atoms with Crippen molar-refractivity contribution in [1.29, 1.82) is 0 Å². The maximum Gasteiger partial charge on any atom is 0.156 e. The van der Waals surface area contributed by atoms with E-state index < -0.39 is 15.1 Å². The van der Waals surface area contributed by atoms with Gasteiger partial charge in [0.2, 0.25) is 0 Å². The summed E-state index contributed by atoms with van der Waals surface area (Å²) in [6.07, 6.45) is 0.652. The van der Waals surface area contributed by atoms with Crippen LogP contribution in [0, 0.1) is 0 Å². The molecule has 1 heterocycles. The molecule has 1 aliphatic heterocycles. The first-order chi connectivity index (χ1) is 5.17. The number of hydrogen-bond donors (Lipinski definition) is 2. The second kappa shape index (κ2) is 3.51. The first-order valence-electron chi connectivity index (χ1n) is 3.70. The van der Waals surface area contributed by atoms with Crippen LogP contribution in [-0.4, -0.2) is 44.2 Å². The molecule has 0 aliphatic carbocycles. The molecular weight excluding hydrogens is 166 g/mol. The van der Waals surface area contributed by atoms with E-state index in [-0.39, 0.29) is 12.4 Å². The van der Waals surface area contributed by atoms with Gasteiger partial charge in [0.05, 0.1) is 17.6 Å². The van der Waals surface area contributed by atoms with E-state index in [1.54, 1.807) is 0 Å². The minimum atomic E-state index is -3.02. The Morgan fingerprint density at radius 2 is 2.27 bits per heavy atom. The maximum absolute atomic E-state index is 11.2. The van der Waals surface area contributed by atoms with Gasteiger partial charge in [0.1, 0.15) is 0 Å². The van der Waals surface area contributed by atoms with E-state index in [9.17, 15) is 8.42 Å². The summed E-state index contributed by atoms with van der Waals surface area (Å²) in [6, 6.07) is 0. The van der Waals surface area contributed by atoms with Gasteiger partial charge in [0, 0.05) is 6.54 Å². The van der Waals surface area contributed by atoms with Crippen LogP contribution in [-0.2, 0) is 9.84 Å². The van der Waals surface area contributed by atoms with E-state index in [1.807, 2.05) is 0 Å². The summed E-state index contributed by atoms with van der Waals surface area (Å²) in [6.45, 7) is 0.851. The number of nitrogens with one attached hydrogen (secondary N) is 1. The molecule has 0 aromatic heterocycles. The summed E-state index contributed by atoms with van der Waals surface area (Å²) in [5.74, 6) is 0.200. The lowest BCUT2D eigenvalue weighted by Gasteiger charge is -2.10. The quantitative estimate of drug-likeness (QED) is 0.528. The van der Waals surface area contributed by atoms with Crippen molar-refractivity contribution in [3.63, 3.8) is 0 Å². The Labute approximate surface area is 66.5 Å². The lowest BCUT2D eigenvalue weighted by Crippen LogP contribution is -2.33. The van der Waals surface area contributed by atoms with Crippen LogP contribution in [0.3, 0.4) is 0 Å². The van der Waals surface area contributed by atoms with Gasteiger partial charge in [-0.05, 0) is 13.0 Å². The molecule has 5 heteroatoms. The van der Waals surface area contributed by atoms with E-state index in [4.69, 9.17) is 5.11 Å². The third-order valence-electron chi connectivity index (χ3n) is 1.87. The van der Waals surface area contributed by atoms with Crippen molar-refractivity contribution in [1.82, 2.24) is 5.32 Å². The highest BCUT2D eigenvalue weighted by atomic mass is 32.2. The van der Waals surface area contributed by atoms with Crippen molar-refractivity contribution in [2.75, 3.05) is 25.4 Å². The van der Waals surface area contributed by atoms with Crippen LogP contribution in [0.2, 0.25) is 0 Å². The van der Waals surface area contributed by atoms with Crippen LogP contribution in [0.1, 0.15) is 6.42 Å². The van der Waals surface area contributed by atoms with Gasteiger partial charge in [-0.3, -0.25) is 0 Å². The minimum absolute atomic E-state index is 0.200. The van der Waals surface area contributed by atoms with Crippen molar-refractivity contribution in [3.8, 4) is 0 Å². The van der Waals surface area contributed by atoms with E-state index in [0.29, 0.717) is 13.0 Å². The van der Waals surface area contributed by atoms with Gasteiger partial charge >= 0.3 is 0 Å². The van der Waals surface area contributed by atoms with E-state index in [1.165, 1.54) is 0 Å². The van der Waals surface area contributed by atoms with Crippen molar-refractivity contribution in [2.45, 2.75) is 11.7 Å². The number of aliphatic hydroxyl groups is 1. The molecule has 66 valence electrons. The molecule has 1 fully saturated rings. The van der Waals surface area contributed by atoms with Crippen LogP contribution in [0.25, 0.3) is 0 Å². The standard InChI is InChI=1S/C6H13NO3S/c8-5-6-4-7-2-1-3-11(6,9)10/h6-8H,1-5H2. The molecule has 0 bridgehead atoms. The van der Waals surface area contributed by atoms with Gasteiger partial charge in [-0.25, -0.2) is 8.42 Å². The molecular formula is C6H13NO3S. The Morgan fingerprint density at radius 1 is 1.55 bits per heavy atom. The van der Waals surface area contributed by atoms with Gasteiger partial charge in [-0.1, -0.05) is 0 Å². The first-order valence-corrected chi connectivity index (χ1v) is 5.41. The third-order valence-corrected chi connectivity index (χ3v) is 4.06. The smallest absolute Gasteiger partial charge is 0.156 e. The van der Waals surface area contributed by atoms with Crippen LogP contribution >= 0.6 is 0 Å². The fourth-order valence-corrected chi connectivity index (χ4v) is 2.61. The van der Waals surface area contributed by atoms with E-state index in [2.05, 4.69) is 5.32 Å². The average molecular weight is 179 g/mol. The maximum atomic E-state index is 11.2. The molecule has 0 spiro atoms. The van der Waals surface area contributed by atoms with Crippen LogP contribution < -0.4 is 5.32 Å². The molecule has 1 unspecified atom stereocenters. The molecule has 0 aromatic carbocycles. The molecule has 0 aromatic rings. The zero-order chi connectivity index (χ0) is 8.32. The summed E-state index contributed by atoms with van der Waals surface area (Å²) < 4.78 is 22.5. The van der Waals surface area contributed by atoms with Gasteiger partial charge in [0.25, 0.3) is 0 Å². The summed E-state index contributed by atoms with van der Waals surface area (Å²) in [7, 11) is -3.02. The molecule has 2 N–H and O–H groups in total. The third kappa shape index (κ3) is 2.15. The molecule has 0 radical (unpaired) electrons. The number of aliphatic hydroxyl groups excluding tert-OH is 1. The first kappa shape index (κ1) is 8.96. The highest BCUT2D eigenvalue weighted by Gasteiger charge is 2.25. The van der Waals surface area contributed by atoms with Crippen LogP contribution in [0.4, 0.5) is 0 Å². The van der Waals surface area contributed by atoms with Crippen molar-refractivity contribution in [2.24, 2.45) is 0 Å². The Balaban J connectivity index is 2.72. The van der Waals surface area contributed by atoms with Gasteiger partial charge in [-0.2, -0.15) is 0 Å². The van der Waals surface area contributed by atoms with E-state index >= 15 is 0 Å². The van der Waals surface area contributed by atoms with Crippen LogP contribution in [0.5, 0.6) is 0 Å². The highest BCUT2D eigenvalue weighted by molar-refractivity contribution is 7.92. The summed E-state index contributed by atoms with van der Waals surface area (Å²) >= 11 is 0. The largest absolute Gasteiger partial charge is 0.395 e. The molecule has 1 atom stereocenters. The molecule has 0 amide bonds. The Kier molecular flexibility index (Phi) is 2.86. The SMILES string of the molecule is O=S1(=O)CCCNCC1CO. The Bertz CT molecular complexity index is 212. The molecule has 1 rings (SSSR count).